The summed E-state index contributed by atoms with van der Waals surface area (Å²) in [5.74, 6) is 0. The number of pyridine rings is 2. The van der Waals surface area contributed by atoms with Gasteiger partial charge in [-0.25, -0.2) is 4.98 Å². The van der Waals surface area contributed by atoms with Gasteiger partial charge in [-0.1, -0.05) is 12.2 Å². The minimum absolute atomic E-state index is 0.0713. The number of allylic oxidation sites excluding steroid dienone is 1. The average molecular weight is 345 g/mol. The highest BCUT2D eigenvalue weighted by Crippen LogP contribution is 2.24. The molecule has 5 rings (SSSR count). The molecule has 4 heterocycles. The van der Waals surface area contributed by atoms with Crippen molar-refractivity contribution in [3.05, 3.63) is 64.3 Å². The molecular formula is C20H19N5O. The van der Waals surface area contributed by atoms with Gasteiger partial charge < -0.3 is 10.2 Å². The number of nitrogens with zero attached hydrogens (tertiary/aromatic N) is 4. The molecule has 0 unspecified atom stereocenters. The van der Waals surface area contributed by atoms with Crippen LogP contribution in [0.25, 0.3) is 23.0 Å². The first-order valence-electron chi connectivity index (χ1n) is 8.93. The minimum Gasteiger partial charge on any atom is -0.368 e. The fourth-order valence-corrected chi connectivity index (χ4v) is 3.61. The highest BCUT2D eigenvalue weighted by Gasteiger charge is 2.13. The van der Waals surface area contributed by atoms with Crippen LogP contribution in [0.5, 0.6) is 0 Å². The Morgan fingerprint density at radius 3 is 2.88 bits per heavy atom. The lowest BCUT2D eigenvalue weighted by molar-refractivity contribution is 0.588. The SMILES string of the molecule is O=c1cc(-c2cnc3c(c2)C=CC3)nc2ccc(N3CCNCC3)cn12. The van der Waals surface area contributed by atoms with Crippen molar-refractivity contribution in [2.24, 2.45) is 0 Å². The number of rotatable bonds is 2. The van der Waals surface area contributed by atoms with Gasteiger partial charge in [0.25, 0.3) is 5.56 Å². The smallest absolute Gasteiger partial charge is 0.258 e. The summed E-state index contributed by atoms with van der Waals surface area (Å²) in [5, 5.41) is 3.34. The molecule has 1 aliphatic heterocycles. The first-order chi connectivity index (χ1) is 12.8. The van der Waals surface area contributed by atoms with Crippen LogP contribution in [0.15, 0.2) is 47.5 Å². The number of nitrogens with one attached hydrogen (secondary N) is 1. The number of hydrogen-bond acceptors (Lipinski definition) is 5. The summed E-state index contributed by atoms with van der Waals surface area (Å²) in [6.07, 6.45) is 8.74. The van der Waals surface area contributed by atoms with E-state index in [2.05, 4.69) is 38.4 Å². The van der Waals surface area contributed by atoms with Crippen molar-refractivity contribution >= 4 is 17.4 Å². The number of aromatic nitrogens is 3. The van der Waals surface area contributed by atoms with Gasteiger partial charge in [0.1, 0.15) is 5.65 Å². The summed E-state index contributed by atoms with van der Waals surface area (Å²) < 4.78 is 1.63. The summed E-state index contributed by atoms with van der Waals surface area (Å²) in [6.45, 7) is 3.81. The Morgan fingerprint density at radius 1 is 1.12 bits per heavy atom. The summed E-state index contributed by atoms with van der Waals surface area (Å²) in [5.41, 5.74) is 5.37. The van der Waals surface area contributed by atoms with Gasteiger partial charge in [0, 0.05) is 56.6 Å². The molecule has 2 aliphatic rings. The second-order valence-electron chi connectivity index (χ2n) is 6.70. The van der Waals surface area contributed by atoms with E-state index in [-0.39, 0.29) is 5.56 Å². The van der Waals surface area contributed by atoms with Crippen LogP contribution in [0, 0.1) is 0 Å². The number of hydrogen-bond donors (Lipinski definition) is 1. The lowest BCUT2D eigenvalue weighted by Crippen LogP contribution is -2.43. The van der Waals surface area contributed by atoms with Crippen LogP contribution in [0.2, 0.25) is 0 Å². The predicted molar refractivity (Wildman–Crippen MR) is 103 cm³/mol. The molecule has 6 heteroatoms. The summed E-state index contributed by atoms with van der Waals surface area (Å²) >= 11 is 0. The molecule has 1 fully saturated rings. The third-order valence-corrected chi connectivity index (χ3v) is 5.03. The Bertz CT molecular complexity index is 1080. The van der Waals surface area contributed by atoms with Gasteiger partial charge in [-0.3, -0.25) is 14.2 Å². The largest absolute Gasteiger partial charge is 0.368 e. The van der Waals surface area contributed by atoms with E-state index < -0.39 is 0 Å². The van der Waals surface area contributed by atoms with E-state index in [0.29, 0.717) is 11.3 Å². The van der Waals surface area contributed by atoms with Crippen molar-refractivity contribution in [2.75, 3.05) is 31.1 Å². The van der Waals surface area contributed by atoms with Gasteiger partial charge in [0.05, 0.1) is 17.1 Å². The zero-order chi connectivity index (χ0) is 17.5. The second-order valence-corrected chi connectivity index (χ2v) is 6.70. The van der Waals surface area contributed by atoms with Crippen LogP contribution < -0.4 is 15.8 Å². The molecule has 6 nitrogen and oxygen atoms in total. The number of fused-ring (bicyclic) bond motifs is 2. The van der Waals surface area contributed by atoms with Crippen molar-refractivity contribution in [3.63, 3.8) is 0 Å². The van der Waals surface area contributed by atoms with E-state index in [1.165, 1.54) is 0 Å². The molecule has 26 heavy (non-hydrogen) atoms. The first kappa shape index (κ1) is 15.3. The third kappa shape index (κ3) is 2.59. The average Bonchev–Trinajstić information content (AvgIpc) is 3.16. The Labute approximate surface area is 150 Å². The molecule has 1 saturated heterocycles. The Hall–Kier alpha value is -2.99. The van der Waals surface area contributed by atoms with E-state index in [1.54, 1.807) is 16.7 Å². The Morgan fingerprint density at radius 2 is 2.00 bits per heavy atom. The lowest BCUT2D eigenvalue weighted by Gasteiger charge is -2.29. The lowest BCUT2D eigenvalue weighted by atomic mass is 10.1. The molecule has 130 valence electrons. The molecule has 1 N–H and O–H groups in total. The molecule has 0 bridgehead atoms. The van der Waals surface area contributed by atoms with Crippen LogP contribution in [-0.4, -0.2) is 40.5 Å². The molecule has 0 atom stereocenters. The maximum atomic E-state index is 12.7. The van der Waals surface area contributed by atoms with E-state index >= 15 is 0 Å². The maximum Gasteiger partial charge on any atom is 0.258 e. The normalized spacial score (nSPS) is 16.2. The molecule has 0 spiro atoms. The molecule has 0 saturated carbocycles. The van der Waals surface area contributed by atoms with Crippen molar-refractivity contribution in [2.45, 2.75) is 6.42 Å². The Balaban J connectivity index is 1.57. The molecule has 3 aromatic heterocycles. The Kier molecular flexibility index (Phi) is 3.57. The van der Waals surface area contributed by atoms with Crippen molar-refractivity contribution < 1.29 is 0 Å². The predicted octanol–water partition coefficient (Wildman–Crippen LogP) is 1.74. The fourth-order valence-electron chi connectivity index (χ4n) is 3.61. The van der Waals surface area contributed by atoms with Crippen molar-refractivity contribution in [3.8, 4) is 11.3 Å². The van der Waals surface area contributed by atoms with Crippen LogP contribution >= 0.6 is 0 Å². The van der Waals surface area contributed by atoms with E-state index in [1.807, 2.05) is 18.3 Å². The molecule has 3 aromatic rings. The quantitative estimate of drug-likeness (QED) is 0.766. The maximum absolute atomic E-state index is 12.7. The van der Waals surface area contributed by atoms with E-state index in [9.17, 15) is 4.79 Å². The monoisotopic (exact) mass is 345 g/mol. The summed E-state index contributed by atoms with van der Waals surface area (Å²) in [4.78, 5) is 24.2. The molecule has 0 aromatic carbocycles. The van der Waals surface area contributed by atoms with Gasteiger partial charge in [-0.05, 0) is 23.8 Å². The standard InChI is InChI=1S/C20H19N5O/c26-20-11-18(15-10-14-2-1-3-17(14)22-12-15)23-19-5-4-16(13-25(19)20)24-8-6-21-7-9-24/h1-2,4-5,10-13,21H,3,6-9H2. The van der Waals surface area contributed by atoms with Gasteiger partial charge in [0.2, 0.25) is 0 Å². The second kappa shape index (κ2) is 6.07. The zero-order valence-corrected chi connectivity index (χ0v) is 14.4. The topological polar surface area (TPSA) is 62.5 Å². The van der Waals surface area contributed by atoms with Gasteiger partial charge >= 0.3 is 0 Å². The number of piperazine rings is 1. The van der Waals surface area contributed by atoms with Gasteiger partial charge in [-0.15, -0.1) is 0 Å². The van der Waals surface area contributed by atoms with E-state index in [4.69, 9.17) is 0 Å². The molecule has 1 aliphatic carbocycles. The zero-order valence-electron chi connectivity index (χ0n) is 14.4. The molecule has 0 amide bonds. The van der Waals surface area contributed by atoms with Gasteiger partial charge in [0.15, 0.2) is 0 Å². The van der Waals surface area contributed by atoms with Crippen LogP contribution in [0.4, 0.5) is 5.69 Å². The van der Waals surface area contributed by atoms with Crippen LogP contribution in [0.1, 0.15) is 11.3 Å². The van der Waals surface area contributed by atoms with Crippen LogP contribution in [0.3, 0.4) is 0 Å². The third-order valence-electron chi connectivity index (χ3n) is 5.03. The fraction of sp³-hybridized carbons (Fsp3) is 0.250. The highest BCUT2D eigenvalue weighted by molar-refractivity contribution is 5.68. The van der Waals surface area contributed by atoms with Gasteiger partial charge in [-0.2, -0.15) is 0 Å². The minimum atomic E-state index is -0.0713. The summed E-state index contributed by atoms with van der Waals surface area (Å²) in [6, 6.07) is 7.61. The van der Waals surface area contributed by atoms with Crippen LogP contribution in [-0.2, 0) is 6.42 Å². The highest BCUT2D eigenvalue weighted by atomic mass is 16.1. The number of anilines is 1. The molecule has 0 radical (unpaired) electrons. The molecular weight excluding hydrogens is 326 g/mol. The van der Waals surface area contributed by atoms with Crippen molar-refractivity contribution in [1.29, 1.82) is 0 Å². The van der Waals surface area contributed by atoms with Crippen molar-refractivity contribution in [1.82, 2.24) is 19.7 Å². The van der Waals surface area contributed by atoms with E-state index in [0.717, 1.165) is 55.1 Å². The first-order valence-corrected chi connectivity index (χ1v) is 8.93. The summed E-state index contributed by atoms with van der Waals surface area (Å²) in [7, 11) is 0.